The van der Waals surface area contributed by atoms with Crippen molar-refractivity contribution in [2.45, 2.75) is 32.2 Å². The molecule has 1 fully saturated rings. The van der Waals surface area contributed by atoms with Crippen molar-refractivity contribution >= 4 is 40.2 Å². The van der Waals surface area contributed by atoms with E-state index in [0.717, 1.165) is 53.1 Å². The van der Waals surface area contributed by atoms with Gasteiger partial charge in [-0.25, -0.2) is 4.98 Å². The topological polar surface area (TPSA) is 45.2 Å². The first kappa shape index (κ1) is 16.9. The molecule has 124 valence electrons. The van der Waals surface area contributed by atoms with Crippen molar-refractivity contribution in [1.29, 1.82) is 0 Å². The van der Waals surface area contributed by atoms with Gasteiger partial charge in [0, 0.05) is 18.0 Å². The first-order valence-electron chi connectivity index (χ1n) is 7.92. The smallest absolute Gasteiger partial charge is 0.273 e. The van der Waals surface area contributed by atoms with E-state index in [0.29, 0.717) is 11.7 Å². The number of carbonyl (C=O) groups excluding carboxylic acids is 1. The zero-order valence-electron chi connectivity index (χ0n) is 13.0. The average Bonchev–Trinajstić information content (AvgIpc) is 3.21. The molecule has 0 spiro atoms. The van der Waals surface area contributed by atoms with Crippen LogP contribution in [0.25, 0.3) is 9.88 Å². The zero-order valence-corrected chi connectivity index (χ0v) is 15.4. The molecule has 0 saturated carbocycles. The summed E-state index contributed by atoms with van der Waals surface area (Å²) in [5.74, 6) is 0.0592. The highest BCUT2D eigenvalue weighted by Gasteiger charge is 2.27. The van der Waals surface area contributed by atoms with Gasteiger partial charge in [0.2, 0.25) is 0 Å². The van der Waals surface area contributed by atoms with Crippen molar-refractivity contribution in [3.63, 3.8) is 0 Å². The van der Waals surface area contributed by atoms with Gasteiger partial charge in [-0.15, -0.1) is 22.7 Å². The van der Waals surface area contributed by atoms with Crippen molar-refractivity contribution in [2.24, 2.45) is 0 Å². The number of thiazole rings is 1. The number of hydrogen-bond acceptors (Lipinski definition) is 5. The molecule has 0 atom stereocenters. The van der Waals surface area contributed by atoms with Gasteiger partial charge >= 0.3 is 0 Å². The summed E-state index contributed by atoms with van der Waals surface area (Å²) < 4.78 is 0.741. The lowest BCUT2D eigenvalue weighted by atomic mass is 10.0. The van der Waals surface area contributed by atoms with Gasteiger partial charge in [-0.2, -0.15) is 0 Å². The third kappa shape index (κ3) is 3.94. The van der Waals surface area contributed by atoms with Gasteiger partial charge in [-0.1, -0.05) is 18.5 Å². The molecule has 0 aromatic carbocycles. The van der Waals surface area contributed by atoms with E-state index in [1.165, 1.54) is 22.7 Å². The van der Waals surface area contributed by atoms with Crippen LogP contribution in [0, 0.1) is 0 Å². The molecule has 7 heteroatoms. The second-order valence-corrected chi connectivity index (χ2v) is 8.19. The van der Waals surface area contributed by atoms with Crippen LogP contribution in [0.2, 0.25) is 4.34 Å². The van der Waals surface area contributed by atoms with Crippen LogP contribution < -0.4 is 5.32 Å². The monoisotopic (exact) mass is 369 g/mol. The SMILES string of the molecule is CCCN(C(=O)c1csc(-c2ccc(Cl)s2)n1)C1CCNCC1. The number of piperidine rings is 1. The summed E-state index contributed by atoms with van der Waals surface area (Å²) in [7, 11) is 0. The Labute approximate surface area is 149 Å². The molecule has 1 aliphatic heterocycles. The number of aromatic nitrogens is 1. The zero-order chi connectivity index (χ0) is 16.2. The van der Waals surface area contributed by atoms with Crippen molar-refractivity contribution in [3.05, 3.63) is 27.5 Å². The Hall–Kier alpha value is -0.950. The van der Waals surface area contributed by atoms with Gasteiger partial charge in [0.1, 0.15) is 10.7 Å². The quantitative estimate of drug-likeness (QED) is 0.861. The molecule has 1 saturated heterocycles. The maximum absolute atomic E-state index is 12.9. The van der Waals surface area contributed by atoms with E-state index >= 15 is 0 Å². The lowest BCUT2D eigenvalue weighted by Gasteiger charge is -2.34. The van der Waals surface area contributed by atoms with E-state index in [1.54, 1.807) is 0 Å². The molecule has 4 nitrogen and oxygen atoms in total. The average molecular weight is 370 g/mol. The van der Waals surface area contributed by atoms with E-state index in [-0.39, 0.29) is 5.91 Å². The Kier molecular flexibility index (Phi) is 5.69. The predicted octanol–water partition coefficient (Wildman–Crippen LogP) is 4.13. The fraction of sp³-hybridized carbons (Fsp3) is 0.500. The molecule has 1 aliphatic rings. The molecule has 1 N–H and O–H groups in total. The second kappa shape index (κ2) is 7.75. The molecule has 23 heavy (non-hydrogen) atoms. The lowest BCUT2D eigenvalue weighted by Crippen LogP contribution is -2.46. The fourth-order valence-corrected chi connectivity index (χ4v) is 4.78. The number of hydrogen-bond donors (Lipinski definition) is 1. The minimum Gasteiger partial charge on any atom is -0.334 e. The van der Waals surface area contributed by atoms with Crippen molar-refractivity contribution in [3.8, 4) is 9.88 Å². The number of thiophene rings is 1. The predicted molar refractivity (Wildman–Crippen MR) is 97.7 cm³/mol. The van der Waals surface area contributed by atoms with Crippen LogP contribution in [0.4, 0.5) is 0 Å². The van der Waals surface area contributed by atoms with Crippen LogP contribution in [0.1, 0.15) is 36.7 Å². The normalized spacial score (nSPS) is 15.7. The van der Waals surface area contributed by atoms with Crippen molar-refractivity contribution < 1.29 is 4.79 Å². The minimum atomic E-state index is 0.0592. The minimum absolute atomic E-state index is 0.0592. The largest absolute Gasteiger partial charge is 0.334 e. The summed E-state index contributed by atoms with van der Waals surface area (Å²) in [5.41, 5.74) is 0.557. The molecule has 3 rings (SSSR count). The molecular weight excluding hydrogens is 350 g/mol. The first-order valence-corrected chi connectivity index (χ1v) is 9.99. The molecule has 0 unspecified atom stereocenters. The number of nitrogens with one attached hydrogen (secondary N) is 1. The Morgan fingerprint density at radius 1 is 1.43 bits per heavy atom. The highest BCUT2D eigenvalue weighted by Crippen LogP contribution is 2.33. The molecule has 3 heterocycles. The van der Waals surface area contributed by atoms with Gasteiger partial charge in [-0.05, 0) is 44.5 Å². The summed E-state index contributed by atoms with van der Waals surface area (Å²) in [5, 5.41) is 6.09. The first-order chi connectivity index (χ1) is 11.2. The Balaban J connectivity index is 1.78. The Morgan fingerprint density at radius 2 is 2.22 bits per heavy atom. The fourth-order valence-electron chi connectivity index (χ4n) is 2.87. The van der Waals surface area contributed by atoms with Gasteiger partial charge < -0.3 is 10.2 Å². The molecule has 0 aliphatic carbocycles. The summed E-state index contributed by atoms with van der Waals surface area (Å²) >= 11 is 8.99. The standard InChI is InChI=1S/C16H20ClN3OS2/c1-2-9-20(11-5-7-18-8-6-11)16(21)12-10-22-15(19-12)13-3-4-14(17)23-13/h3-4,10-11,18H,2,5-9H2,1H3. The highest BCUT2D eigenvalue weighted by atomic mass is 35.5. The van der Waals surface area contributed by atoms with E-state index in [9.17, 15) is 4.79 Å². The third-order valence-corrected chi connectivity index (χ3v) is 6.22. The third-order valence-electron chi connectivity index (χ3n) is 3.98. The summed E-state index contributed by atoms with van der Waals surface area (Å²) in [6.45, 7) is 4.87. The van der Waals surface area contributed by atoms with Crippen LogP contribution in [0.5, 0.6) is 0 Å². The van der Waals surface area contributed by atoms with E-state index < -0.39 is 0 Å². The van der Waals surface area contributed by atoms with Gasteiger partial charge in [0.05, 0.1) is 9.21 Å². The van der Waals surface area contributed by atoms with Gasteiger partial charge in [-0.3, -0.25) is 4.79 Å². The maximum Gasteiger partial charge on any atom is 0.273 e. The second-order valence-electron chi connectivity index (χ2n) is 5.62. The van der Waals surface area contributed by atoms with Gasteiger partial charge in [0.15, 0.2) is 0 Å². The van der Waals surface area contributed by atoms with Gasteiger partial charge in [0.25, 0.3) is 5.91 Å². The summed E-state index contributed by atoms with van der Waals surface area (Å²) in [6.07, 6.45) is 3.00. The number of carbonyl (C=O) groups is 1. The van der Waals surface area contributed by atoms with Crippen LogP contribution in [-0.4, -0.2) is 41.5 Å². The number of nitrogens with zero attached hydrogens (tertiary/aromatic N) is 2. The number of halogens is 1. The lowest BCUT2D eigenvalue weighted by molar-refractivity contribution is 0.0637. The molecule has 0 bridgehead atoms. The van der Waals surface area contributed by atoms with Crippen LogP contribution >= 0.6 is 34.3 Å². The van der Waals surface area contributed by atoms with E-state index in [2.05, 4.69) is 17.2 Å². The Bertz CT molecular complexity index is 664. The van der Waals surface area contributed by atoms with Crippen molar-refractivity contribution in [2.75, 3.05) is 19.6 Å². The van der Waals surface area contributed by atoms with E-state index in [4.69, 9.17) is 11.6 Å². The highest BCUT2D eigenvalue weighted by molar-refractivity contribution is 7.23. The molecule has 2 aromatic rings. The Morgan fingerprint density at radius 3 is 2.87 bits per heavy atom. The summed E-state index contributed by atoms with van der Waals surface area (Å²) in [4.78, 5) is 20.5. The van der Waals surface area contributed by atoms with E-state index in [1.807, 2.05) is 22.4 Å². The van der Waals surface area contributed by atoms with Crippen LogP contribution in [-0.2, 0) is 0 Å². The molecule has 0 radical (unpaired) electrons. The number of amides is 1. The molecular formula is C16H20ClN3OS2. The van der Waals surface area contributed by atoms with Crippen LogP contribution in [0.15, 0.2) is 17.5 Å². The molecule has 2 aromatic heterocycles. The van der Waals surface area contributed by atoms with Crippen molar-refractivity contribution in [1.82, 2.24) is 15.2 Å². The maximum atomic E-state index is 12.9. The number of rotatable bonds is 5. The summed E-state index contributed by atoms with van der Waals surface area (Å²) in [6, 6.07) is 4.14. The van der Waals surface area contributed by atoms with Crippen LogP contribution in [0.3, 0.4) is 0 Å². The molecule has 1 amide bonds.